The number of anilines is 1. The largest absolute Gasteiger partial charge is 0.468 e. The maximum Gasteiger partial charge on any atom is 0.325 e. The summed E-state index contributed by atoms with van der Waals surface area (Å²) in [5, 5.41) is 0. The Morgan fingerprint density at radius 1 is 1.11 bits per heavy atom. The number of aromatic nitrogens is 2. The van der Waals surface area contributed by atoms with E-state index in [0.29, 0.717) is 31.8 Å². The summed E-state index contributed by atoms with van der Waals surface area (Å²) in [6, 6.07) is 14.5. The van der Waals surface area contributed by atoms with E-state index >= 15 is 0 Å². The molecule has 4 aromatic rings. The molecule has 0 spiro atoms. The molecule has 0 saturated heterocycles. The Morgan fingerprint density at radius 3 is 2.68 bits per heavy atom. The lowest BCUT2D eigenvalue weighted by Gasteiger charge is -2.14. The Hall–Kier alpha value is -3.52. The number of methoxy groups -OCH3 is 1. The molecule has 1 aliphatic rings. The minimum absolute atomic E-state index is 0.213. The molecule has 0 N–H and O–H groups in total. The Labute approximate surface area is 162 Å². The second-order valence-corrected chi connectivity index (χ2v) is 7.29. The Morgan fingerprint density at radius 2 is 1.86 bits per heavy atom. The average Bonchev–Trinajstić information content (AvgIpc) is 3.31. The van der Waals surface area contributed by atoms with Crippen LogP contribution in [-0.4, -0.2) is 34.9 Å². The number of thiazole rings is 1. The van der Waals surface area contributed by atoms with Crippen molar-refractivity contribution in [2.24, 2.45) is 0 Å². The second-order valence-electron chi connectivity index (χ2n) is 6.31. The number of carbonyl (C=O) groups excluding carboxylic acids is 2. The smallest absolute Gasteiger partial charge is 0.325 e. The van der Waals surface area contributed by atoms with E-state index in [9.17, 15) is 14.4 Å². The maximum atomic E-state index is 13.2. The highest BCUT2D eigenvalue weighted by Gasteiger charge is 2.35. The molecule has 0 aliphatic carbocycles. The van der Waals surface area contributed by atoms with E-state index in [1.54, 1.807) is 24.3 Å². The van der Waals surface area contributed by atoms with Crippen LogP contribution in [0.1, 0.15) is 5.56 Å². The Balaban J connectivity index is 1.82. The first kappa shape index (κ1) is 16.6. The summed E-state index contributed by atoms with van der Waals surface area (Å²) >= 11 is 1.18. The molecule has 7 nitrogen and oxygen atoms in total. The number of fused-ring (bicyclic) bond motifs is 4. The standard InChI is InChI=1S/C20H13N3O4S/c1-27-15(24)10-22-13-8-4-2-6-11(13)16(18(22)25)17-19(26)23-14-9-5-3-7-12(14)21-20(23)28-17/h2-9H,10H2,1H3. The SMILES string of the molecule is COC(=O)CN1C(=O)C(=c2sc3nc4ccccc4n3c2=O)c2ccccc21. The lowest BCUT2D eigenvalue weighted by Crippen LogP contribution is -2.35. The molecule has 3 heterocycles. The first-order chi connectivity index (χ1) is 13.6. The average molecular weight is 391 g/mol. The summed E-state index contributed by atoms with van der Waals surface area (Å²) in [4.78, 5) is 44.5. The monoisotopic (exact) mass is 391 g/mol. The van der Waals surface area contributed by atoms with Gasteiger partial charge in [0.2, 0.25) is 0 Å². The van der Waals surface area contributed by atoms with Crippen LogP contribution in [0.25, 0.3) is 21.6 Å². The van der Waals surface area contributed by atoms with Crippen LogP contribution in [0, 0.1) is 0 Å². The van der Waals surface area contributed by atoms with Gasteiger partial charge in [0.15, 0.2) is 4.96 Å². The maximum absolute atomic E-state index is 13.2. The zero-order chi connectivity index (χ0) is 19.4. The zero-order valence-corrected chi connectivity index (χ0v) is 15.5. The van der Waals surface area contributed by atoms with Crippen LogP contribution in [0.4, 0.5) is 5.69 Å². The van der Waals surface area contributed by atoms with Gasteiger partial charge >= 0.3 is 5.97 Å². The molecule has 1 amide bonds. The number of amides is 1. The van der Waals surface area contributed by atoms with Crippen molar-refractivity contribution in [1.82, 2.24) is 9.38 Å². The number of para-hydroxylation sites is 3. The molecule has 1 aliphatic heterocycles. The molecule has 2 aromatic heterocycles. The number of ether oxygens (including phenoxy) is 1. The summed E-state index contributed by atoms with van der Waals surface area (Å²) in [7, 11) is 1.27. The predicted octanol–water partition coefficient (Wildman–Crippen LogP) is 1.35. The zero-order valence-electron chi connectivity index (χ0n) is 14.7. The third kappa shape index (κ3) is 2.21. The molecular formula is C20H13N3O4S. The van der Waals surface area contributed by atoms with Crippen molar-refractivity contribution in [3.05, 3.63) is 69.0 Å². The van der Waals surface area contributed by atoms with Crippen molar-refractivity contribution in [1.29, 1.82) is 0 Å². The lowest BCUT2D eigenvalue weighted by atomic mass is 10.1. The van der Waals surface area contributed by atoms with E-state index in [4.69, 9.17) is 4.74 Å². The number of nitrogens with zero attached hydrogens (tertiary/aromatic N) is 3. The molecule has 138 valence electrons. The first-order valence-electron chi connectivity index (χ1n) is 8.52. The molecule has 8 heteroatoms. The first-order valence-corrected chi connectivity index (χ1v) is 9.34. The summed E-state index contributed by atoms with van der Waals surface area (Å²) in [5.41, 5.74) is 2.66. The number of carbonyl (C=O) groups is 2. The summed E-state index contributed by atoms with van der Waals surface area (Å²) < 4.78 is 6.56. The van der Waals surface area contributed by atoms with Crippen LogP contribution in [0.2, 0.25) is 0 Å². The van der Waals surface area contributed by atoms with E-state index in [1.807, 2.05) is 24.3 Å². The third-order valence-corrected chi connectivity index (χ3v) is 5.83. The van der Waals surface area contributed by atoms with Crippen LogP contribution in [-0.2, 0) is 14.3 Å². The molecule has 0 bridgehead atoms. The molecule has 0 radical (unpaired) electrons. The highest BCUT2D eigenvalue weighted by atomic mass is 32.1. The topological polar surface area (TPSA) is 81.0 Å². The number of hydrogen-bond acceptors (Lipinski definition) is 6. The molecule has 0 fully saturated rings. The van der Waals surface area contributed by atoms with Crippen LogP contribution >= 0.6 is 11.3 Å². The van der Waals surface area contributed by atoms with Gasteiger partial charge in [0.05, 0.1) is 29.4 Å². The van der Waals surface area contributed by atoms with Gasteiger partial charge in [-0.05, 0) is 18.2 Å². The number of hydrogen-bond donors (Lipinski definition) is 0. The van der Waals surface area contributed by atoms with E-state index in [2.05, 4.69) is 4.98 Å². The van der Waals surface area contributed by atoms with Gasteiger partial charge in [0, 0.05) is 5.56 Å². The fourth-order valence-corrected chi connectivity index (χ4v) is 4.59. The number of imidazole rings is 1. The lowest BCUT2D eigenvalue weighted by molar-refractivity contribution is -0.139. The van der Waals surface area contributed by atoms with Crippen molar-refractivity contribution >= 4 is 50.5 Å². The van der Waals surface area contributed by atoms with E-state index in [-0.39, 0.29) is 12.1 Å². The van der Waals surface area contributed by atoms with Crippen molar-refractivity contribution in [2.75, 3.05) is 18.6 Å². The van der Waals surface area contributed by atoms with Gasteiger partial charge in [0.25, 0.3) is 11.5 Å². The van der Waals surface area contributed by atoms with E-state index in [0.717, 1.165) is 5.52 Å². The summed E-state index contributed by atoms with van der Waals surface area (Å²) in [5.74, 6) is -0.920. The molecule has 0 atom stereocenters. The van der Waals surface area contributed by atoms with Crippen LogP contribution in [0.3, 0.4) is 0 Å². The normalized spacial score (nSPS) is 15.5. The molecule has 0 saturated carbocycles. The molecule has 0 unspecified atom stereocenters. The molecule has 28 heavy (non-hydrogen) atoms. The summed E-state index contributed by atoms with van der Waals surface area (Å²) in [6.07, 6.45) is 0. The van der Waals surface area contributed by atoms with Crippen LogP contribution in [0.15, 0.2) is 53.3 Å². The van der Waals surface area contributed by atoms with E-state index in [1.165, 1.54) is 27.7 Å². The van der Waals surface area contributed by atoms with Gasteiger partial charge in [-0.1, -0.05) is 41.7 Å². The van der Waals surface area contributed by atoms with Gasteiger partial charge in [-0.25, -0.2) is 9.38 Å². The van der Waals surface area contributed by atoms with E-state index < -0.39 is 11.9 Å². The number of rotatable bonds is 2. The fraction of sp³-hybridized carbons (Fsp3) is 0.100. The van der Waals surface area contributed by atoms with Crippen LogP contribution < -0.4 is 15.0 Å². The summed E-state index contributed by atoms with van der Waals surface area (Å²) in [6.45, 7) is -0.213. The Kier molecular flexibility index (Phi) is 3.56. The van der Waals surface area contributed by atoms with Gasteiger partial charge in [-0.3, -0.25) is 19.3 Å². The second kappa shape index (κ2) is 6.00. The van der Waals surface area contributed by atoms with Gasteiger partial charge in [-0.15, -0.1) is 0 Å². The molecule has 5 rings (SSSR count). The highest BCUT2D eigenvalue weighted by Crippen LogP contribution is 2.35. The highest BCUT2D eigenvalue weighted by molar-refractivity contribution is 7.15. The Bertz CT molecular complexity index is 1400. The van der Waals surface area contributed by atoms with Crippen molar-refractivity contribution < 1.29 is 14.3 Å². The fourth-order valence-electron chi connectivity index (χ4n) is 3.51. The minimum Gasteiger partial charge on any atom is -0.468 e. The molecular weight excluding hydrogens is 378 g/mol. The van der Waals surface area contributed by atoms with Crippen LogP contribution in [0.5, 0.6) is 0 Å². The number of esters is 1. The quantitative estimate of drug-likeness (QED) is 0.482. The van der Waals surface area contributed by atoms with Crippen molar-refractivity contribution in [2.45, 2.75) is 0 Å². The van der Waals surface area contributed by atoms with Crippen molar-refractivity contribution in [3.63, 3.8) is 0 Å². The van der Waals surface area contributed by atoms with Gasteiger partial charge < -0.3 is 4.74 Å². The number of benzene rings is 2. The van der Waals surface area contributed by atoms with Gasteiger partial charge in [0.1, 0.15) is 11.1 Å². The third-order valence-electron chi connectivity index (χ3n) is 4.79. The van der Waals surface area contributed by atoms with Crippen molar-refractivity contribution in [3.8, 4) is 0 Å². The molecule has 2 aromatic carbocycles. The van der Waals surface area contributed by atoms with Gasteiger partial charge in [-0.2, -0.15) is 0 Å². The minimum atomic E-state index is -0.529. The predicted molar refractivity (Wildman–Crippen MR) is 105 cm³/mol.